The maximum absolute atomic E-state index is 9.32. The molecule has 0 bridgehead atoms. The van der Waals surface area contributed by atoms with Crippen molar-refractivity contribution in [3.63, 3.8) is 0 Å². The molecule has 2 N–H and O–H groups in total. The number of rotatable bonds is 6. The Morgan fingerprint density at radius 3 is 2.42 bits per heavy atom. The highest BCUT2D eigenvalue weighted by Gasteiger charge is 2.42. The molecule has 6 heteroatoms. The third-order valence-corrected chi connectivity index (χ3v) is 5.50. The molecule has 6 nitrogen and oxygen atoms in total. The van der Waals surface area contributed by atoms with Gasteiger partial charge < -0.3 is 20.1 Å². The number of para-hydroxylation sites is 2. The van der Waals surface area contributed by atoms with Gasteiger partial charge in [0.25, 0.3) is 0 Å². The molecule has 2 aromatic rings. The highest BCUT2D eigenvalue weighted by Crippen LogP contribution is 2.48. The van der Waals surface area contributed by atoms with Crippen molar-refractivity contribution >= 4 is 22.7 Å². The SMILES string of the molecule is CC1CN(c2nc3ccccc3nc2NCC2(CCO)CC2)CC(C)O1. The highest BCUT2D eigenvalue weighted by molar-refractivity contribution is 5.80. The fourth-order valence-electron chi connectivity index (χ4n) is 3.88. The van der Waals surface area contributed by atoms with E-state index in [1.165, 1.54) is 12.8 Å². The number of benzene rings is 1. The number of ether oxygens (including phenoxy) is 1. The van der Waals surface area contributed by atoms with Crippen LogP contribution in [0.4, 0.5) is 11.6 Å². The zero-order valence-corrected chi connectivity index (χ0v) is 15.6. The van der Waals surface area contributed by atoms with Crippen molar-refractivity contribution in [3.8, 4) is 0 Å². The predicted octanol–water partition coefficient (Wildman–Crippen LogP) is 2.82. The van der Waals surface area contributed by atoms with Gasteiger partial charge in [-0.3, -0.25) is 0 Å². The van der Waals surface area contributed by atoms with E-state index < -0.39 is 0 Å². The average molecular weight is 356 g/mol. The topological polar surface area (TPSA) is 70.5 Å². The van der Waals surface area contributed by atoms with Gasteiger partial charge in [0.15, 0.2) is 11.6 Å². The lowest BCUT2D eigenvalue weighted by Gasteiger charge is -2.36. The Bertz CT molecular complexity index is 767. The minimum absolute atomic E-state index is 0.170. The summed E-state index contributed by atoms with van der Waals surface area (Å²) in [5.74, 6) is 1.75. The summed E-state index contributed by atoms with van der Waals surface area (Å²) in [5.41, 5.74) is 2.04. The van der Waals surface area contributed by atoms with Gasteiger partial charge in [0.2, 0.25) is 0 Å². The quantitative estimate of drug-likeness (QED) is 0.829. The smallest absolute Gasteiger partial charge is 0.172 e. The summed E-state index contributed by atoms with van der Waals surface area (Å²) >= 11 is 0. The number of aliphatic hydroxyl groups is 1. The molecule has 1 aliphatic carbocycles. The first-order valence-corrected chi connectivity index (χ1v) is 9.60. The maximum Gasteiger partial charge on any atom is 0.172 e. The van der Waals surface area contributed by atoms with E-state index in [2.05, 4.69) is 24.1 Å². The minimum atomic E-state index is 0.170. The highest BCUT2D eigenvalue weighted by atomic mass is 16.5. The molecule has 2 aliphatic rings. The summed E-state index contributed by atoms with van der Waals surface area (Å²) in [7, 11) is 0. The normalized spacial score (nSPS) is 24.7. The van der Waals surface area contributed by atoms with Crippen LogP contribution < -0.4 is 10.2 Å². The van der Waals surface area contributed by atoms with Crippen molar-refractivity contribution in [1.29, 1.82) is 0 Å². The molecule has 1 aliphatic heterocycles. The molecule has 4 rings (SSSR count). The van der Waals surface area contributed by atoms with Gasteiger partial charge in [-0.15, -0.1) is 0 Å². The molecule has 1 saturated heterocycles. The number of morpholine rings is 1. The van der Waals surface area contributed by atoms with Crippen LogP contribution in [0, 0.1) is 5.41 Å². The molecule has 2 fully saturated rings. The van der Waals surface area contributed by atoms with Crippen LogP contribution >= 0.6 is 0 Å². The summed E-state index contributed by atoms with van der Waals surface area (Å²) < 4.78 is 5.88. The zero-order chi connectivity index (χ0) is 18.1. The fourth-order valence-corrected chi connectivity index (χ4v) is 3.88. The number of nitrogens with zero attached hydrogens (tertiary/aromatic N) is 3. The van der Waals surface area contributed by atoms with E-state index in [4.69, 9.17) is 14.7 Å². The second-order valence-corrected chi connectivity index (χ2v) is 7.87. The molecule has 26 heavy (non-hydrogen) atoms. The van der Waals surface area contributed by atoms with Crippen LogP contribution in [0.5, 0.6) is 0 Å². The Hall–Kier alpha value is -1.92. The first-order chi connectivity index (χ1) is 12.6. The number of hydrogen-bond donors (Lipinski definition) is 2. The number of anilines is 2. The maximum atomic E-state index is 9.32. The largest absolute Gasteiger partial charge is 0.396 e. The Morgan fingerprint density at radius 2 is 1.81 bits per heavy atom. The van der Waals surface area contributed by atoms with Gasteiger partial charge in [0.05, 0.1) is 23.2 Å². The molecule has 1 aromatic heterocycles. The van der Waals surface area contributed by atoms with Crippen LogP contribution in [0.15, 0.2) is 24.3 Å². The van der Waals surface area contributed by atoms with Crippen molar-refractivity contribution < 1.29 is 9.84 Å². The van der Waals surface area contributed by atoms with Gasteiger partial charge in [-0.05, 0) is 50.7 Å². The summed E-state index contributed by atoms with van der Waals surface area (Å²) in [4.78, 5) is 12.1. The van der Waals surface area contributed by atoms with E-state index in [1.807, 2.05) is 24.3 Å². The van der Waals surface area contributed by atoms with Crippen LogP contribution in [-0.2, 0) is 4.74 Å². The number of hydrogen-bond acceptors (Lipinski definition) is 6. The summed E-state index contributed by atoms with van der Waals surface area (Å²) in [6.07, 6.45) is 3.53. The van der Waals surface area contributed by atoms with Crippen LogP contribution in [0.25, 0.3) is 11.0 Å². The molecule has 140 valence electrons. The average Bonchev–Trinajstić information content (AvgIpc) is 3.38. The fraction of sp³-hybridized carbons (Fsp3) is 0.600. The summed E-state index contributed by atoms with van der Waals surface area (Å²) in [5, 5.41) is 12.9. The minimum Gasteiger partial charge on any atom is -0.396 e. The van der Waals surface area contributed by atoms with Crippen molar-refractivity contribution in [2.75, 3.05) is 36.5 Å². The van der Waals surface area contributed by atoms with Crippen molar-refractivity contribution in [3.05, 3.63) is 24.3 Å². The van der Waals surface area contributed by atoms with Crippen molar-refractivity contribution in [2.24, 2.45) is 5.41 Å². The van der Waals surface area contributed by atoms with E-state index in [0.29, 0.717) is 0 Å². The first-order valence-electron chi connectivity index (χ1n) is 9.60. The molecule has 2 atom stereocenters. The Kier molecular flexibility index (Phi) is 4.71. The number of aromatic nitrogens is 2. The molecule has 1 saturated carbocycles. The zero-order valence-electron chi connectivity index (χ0n) is 15.6. The van der Waals surface area contributed by atoms with Gasteiger partial charge in [-0.2, -0.15) is 0 Å². The van der Waals surface area contributed by atoms with Crippen LogP contribution in [-0.4, -0.2) is 53.5 Å². The molecule has 0 amide bonds. The van der Waals surface area contributed by atoms with Gasteiger partial charge in [0.1, 0.15) is 0 Å². The Morgan fingerprint density at radius 1 is 1.15 bits per heavy atom. The van der Waals surface area contributed by atoms with Crippen molar-refractivity contribution in [2.45, 2.75) is 45.3 Å². The van der Waals surface area contributed by atoms with Gasteiger partial charge in [-0.25, -0.2) is 9.97 Å². The Labute approximate surface area is 154 Å². The molecule has 2 unspecified atom stereocenters. The summed E-state index contributed by atoms with van der Waals surface area (Å²) in [6, 6.07) is 8.01. The van der Waals surface area contributed by atoms with Gasteiger partial charge in [-0.1, -0.05) is 12.1 Å². The van der Waals surface area contributed by atoms with E-state index in [1.54, 1.807) is 0 Å². The van der Waals surface area contributed by atoms with Crippen LogP contribution in [0.1, 0.15) is 33.1 Å². The van der Waals surface area contributed by atoms with Gasteiger partial charge >= 0.3 is 0 Å². The third-order valence-electron chi connectivity index (χ3n) is 5.50. The first kappa shape index (κ1) is 17.5. The van der Waals surface area contributed by atoms with E-state index >= 15 is 0 Å². The lowest BCUT2D eigenvalue weighted by Crippen LogP contribution is -2.46. The second-order valence-electron chi connectivity index (χ2n) is 7.87. The van der Waals surface area contributed by atoms with E-state index in [-0.39, 0.29) is 24.2 Å². The molecule has 0 spiro atoms. The molecular weight excluding hydrogens is 328 g/mol. The number of nitrogens with one attached hydrogen (secondary N) is 1. The van der Waals surface area contributed by atoms with E-state index in [0.717, 1.165) is 48.7 Å². The van der Waals surface area contributed by atoms with Crippen LogP contribution in [0.2, 0.25) is 0 Å². The monoisotopic (exact) mass is 356 g/mol. The molecule has 2 heterocycles. The molecule has 0 radical (unpaired) electrons. The van der Waals surface area contributed by atoms with Gasteiger partial charge in [0, 0.05) is 26.2 Å². The molecule has 1 aromatic carbocycles. The van der Waals surface area contributed by atoms with E-state index in [9.17, 15) is 5.11 Å². The Balaban J connectivity index is 1.65. The lowest BCUT2D eigenvalue weighted by molar-refractivity contribution is -0.00541. The summed E-state index contributed by atoms with van der Waals surface area (Å²) in [6.45, 7) is 6.91. The number of aliphatic hydroxyl groups excluding tert-OH is 1. The lowest BCUT2D eigenvalue weighted by atomic mass is 10.0. The predicted molar refractivity (Wildman–Crippen MR) is 104 cm³/mol. The second kappa shape index (κ2) is 7.00. The number of fused-ring (bicyclic) bond motifs is 1. The third kappa shape index (κ3) is 3.62. The standard InChI is InChI=1S/C20H28N4O2/c1-14-11-24(12-15(2)26-14)19-18(21-13-20(7-8-20)9-10-25)22-16-5-3-4-6-17(16)23-19/h3-6,14-15,25H,7-13H2,1-2H3,(H,21,22). The van der Waals surface area contributed by atoms with Crippen LogP contribution in [0.3, 0.4) is 0 Å². The van der Waals surface area contributed by atoms with Crippen molar-refractivity contribution in [1.82, 2.24) is 9.97 Å². The molecular formula is C20H28N4O2.